The molecule has 0 unspecified atom stereocenters. The highest BCUT2D eigenvalue weighted by molar-refractivity contribution is 6.28. The van der Waals surface area contributed by atoms with Gasteiger partial charge in [-0.15, -0.1) is 0 Å². The first kappa shape index (κ1) is 12.3. The van der Waals surface area contributed by atoms with E-state index in [9.17, 15) is 0 Å². The first-order valence-electron chi connectivity index (χ1n) is 5.76. The monoisotopic (exact) mass is 257 g/mol. The maximum absolute atomic E-state index is 5.69. The predicted molar refractivity (Wildman–Crippen MR) is 65.9 cm³/mol. The average molecular weight is 258 g/mol. The minimum Gasteiger partial charge on any atom is -0.376 e. The lowest BCUT2D eigenvalue weighted by Gasteiger charge is -2.11. The fraction of sp³-hybridized carbons (Fsp3) is 0.700. The molecule has 6 nitrogen and oxygen atoms in total. The number of nitrogens with zero attached hydrogens (tertiary/aromatic N) is 3. The van der Waals surface area contributed by atoms with Crippen molar-refractivity contribution < 1.29 is 4.74 Å². The minimum absolute atomic E-state index is 0.0942. The van der Waals surface area contributed by atoms with Gasteiger partial charge >= 0.3 is 0 Å². The van der Waals surface area contributed by atoms with Crippen molar-refractivity contribution in [3.8, 4) is 0 Å². The van der Waals surface area contributed by atoms with Gasteiger partial charge < -0.3 is 15.8 Å². The van der Waals surface area contributed by atoms with Crippen molar-refractivity contribution in [3.63, 3.8) is 0 Å². The molecule has 0 atom stereocenters. The van der Waals surface area contributed by atoms with Crippen molar-refractivity contribution in [2.75, 3.05) is 24.2 Å². The molecule has 7 heteroatoms. The lowest BCUT2D eigenvalue weighted by molar-refractivity contribution is 0.0658. The Morgan fingerprint density at radius 1 is 1.29 bits per heavy atom. The van der Waals surface area contributed by atoms with Gasteiger partial charge in [-0.3, -0.25) is 0 Å². The number of aromatic nitrogens is 3. The van der Waals surface area contributed by atoms with Crippen molar-refractivity contribution in [2.24, 2.45) is 0 Å². The van der Waals surface area contributed by atoms with E-state index in [0.717, 1.165) is 0 Å². The van der Waals surface area contributed by atoms with Crippen LogP contribution in [0.15, 0.2) is 0 Å². The van der Waals surface area contributed by atoms with Gasteiger partial charge in [-0.1, -0.05) is 12.8 Å². The van der Waals surface area contributed by atoms with Gasteiger partial charge in [0.15, 0.2) is 0 Å². The third kappa shape index (κ3) is 3.98. The van der Waals surface area contributed by atoms with Gasteiger partial charge in [-0.25, -0.2) is 0 Å². The van der Waals surface area contributed by atoms with Crippen LogP contribution in [0.2, 0.25) is 5.28 Å². The Labute approximate surface area is 105 Å². The van der Waals surface area contributed by atoms with Gasteiger partial charge in [0.25, 0.3) is 0 Å². The Morgan fingerprint density at radius 3 is 2.76 bits per heavy atom. The molecule has 1 aromatic heterocycles. The van der Waals surface area contributed by atoms with E-state index in [2.05, 4.69) is 20.3 Å². The van der Waals surface area contributed by atoms with Crippen molar-refractivity contribution >= 4 is 23.5 Å². The van der Waals surface area contributed by atoms with Gasteiger partial charge in [0, 0.05) is 6.54 Å². The van der Waals surface area contributed by atoms with Crippen molar-refractivity contribution in [1.29, 1.82) is 0 Å². The quantitative estimate of drug-likeness (QED) is 0.777. The predicted octanol–water partition coefficient (Wildman–Crippen LogP) is 1.48. The highest BCUT2D eigenvalue weighted by atomic mass is 35.5. The molecule has 1 saturated carbocycles. The number of ether oxygens (including phenoxy) is 1. The Morgan fingerprint density at radius 2 is 2.06 bits per heavy atom. The number of hydrogen-bond donors (Lipinski definition) is 2. The zero-order chi connectivity index (χ0) is 12.1. The van der Waals surface area contributed by atoms with Crippen LogP contribution in [0, 0.1) is 0 Å². The highest BCUT2D eigenvalue weighted by Crippen LogP contribution is 2.20. The molecule has 0 radical (unpaired) electrons. The molecule has 1 heterocycles. The lowest BCUT2D eigenvalue weighted by Crippen LogP contribution is -2.17. The van der Waals surface area contributed by atoms with E-state index in [-0.39, 0.29) is 11.2 Å². The van der Waals surface area contributed by atoms with Crippen LogP contribution in [0.25, 0.3) is 0 Å². The summed E-state index contributed by atoms with van der Waals surface area (Å²) < 4.78 is 5.69. The molecule has 0 saturated heterocycles. The van der Waals surface area contributed by atoms with Crippen molar-refractivity contribution in [2.45, 2.75) is 31.8 Å². The molecule has 1 fully saturated rings. The van der Waals surface area contributed by atoms with Crippen LogP contribution in [-0.2, 0) is 4.74 Å². The molecule has 0 bridgehead atoms. The molecule has 1 aliphatic rings. The Bertz CT molecular complexity index is 349. The standard InChI is InChI=1S/C10H16ClN5O/c11-8-14-9(12)16-10(15-8)13-5-6-17-7-3-1-2-4-7/h7H,1-6H2,(H3,12,13,14,15,16). The summed E-state index contributed by atoms with van der Waals surface area (Å²) in [5.74, 6) is 0.502. The van der Waals surface area contributed by atoms with Crippen LogP contribution >= 0.6 is 11.6 Å². The molecule has 0 spiro atoms. The lowest BCUT2D eigenvalue weighted by atomic mass is 10.3. The first-order chi connectivity index (χ1) is 8.24. The summed E-state index contributed by atoms with van der Waals surface area (Å²) >= 11 is 5.65. The van der Waals surface area contributed by atoms with Gasteiger partial charge in [-0.05, 0) is 24.4 Å². The number of rotatable bonds is 5. The summed E-state index contributed by atoms with van der Waals surface area (Å²) in [6.45, 7) is 1.27. The molecule has 0 amide bonds. The van der Waals surface area contributed by atoms with Crippen LogP contribution in [0.4, 0.5) is 11.9 Å². The second-order valence-electron chi connectivity index (χ2n) is 3.99. The van der Waals surface area contributed by atoms with Gasteiger partial charge in [0.1, 0.15) is 0 Å². The van der Waals surface area contributed by atoms with Crippen LogP contribution in [-0.4, -0.2) is 34.2 Å². The zero-order valence-electron chi connectivity index (χ0n) is 9.53. The molecule has 0 aromatic carbocycles. The average Bonchev–Trinajstić information content (AvgIpc) is 2.76. The Kier molecular flexibility index (Phi) is 4.33. The molecular weight excluding hydrogens is 242 g/mol. The van der Waals surface area contributed by atoms with Crippen LogP contribution in [0.5, 0.6) is 0 Å². The molecule has 1 aromatic rings. The normalized spacial score (nSPS) is 16.3. The minimum atomic E-state index is 0.0942. The van der Waals surface area contributed by atoms with Crippen molar-refractivity contribution in [1.82, 2.24) is 15.0 Å². The second kappa shape index (κ2) is 5.97. The Balaban J connectivity index is 1.70. The van der Waals surface area contributed by atoms with Crippen LogP contribution in [0.1, 0.15) is 25.7 Å². The number of hydrogen-bond acceptors (Lipinski definition) is 6. The molecule has 0 aliphatic heterocycles. The molecular formula is C10H16ClN5O. The van der Waals surface area contributed by atoms with E-state index >= 15 is 0 Å². The summed E-state index contributed by atoms with van der Waals surface area (Å²) in [6.07, 6.45) is 5.31. The summed E-state index contributed by atoms with van der Waals surface area (Å²) in [5.41, 5.74) is 5.45. The number of nitrogen functional groups attached to an aromatic ring is 1. The SMILES string of the molecule is Nc1nc(Cl)nc(NCCOC2CCCC2)n1. The number of anilines is 2. The molecule has 17 heavy (non-hydrogen) atoms. The topological polar surface area (TPSA) is 86.0 Å². The van der Waals surface area contributed by atoms with Gasteiger partial charge in [0.2, 0.25) is 17.2 Å². The summed E-state index contributed by atoms with van der Waals surface area (Å²) in [7, 11) is 0. The molecule has 2 rings (SSSR count). The molecule has 3 N–H and O–H groups in total. The van der Waals surface area contributed by atoms with Crippen molar-refractivity contribution in [3.05, 3.63) is 5.28 Å². The van der Waals surface area contributed by atoms with E-state index < -0.39 is 0 Å². The third-order valence-corrected chi connectivity index (χ3v) is 2.84. The number of halogens is 1. The Hall–Kier alpha value is -1.14. The highest BCUT2D eigenvalue weighted by Gasteiger charge is 2.14. The summed E-state index contributed by atoms with van der Waals surface area (Å²) in [5, 5.41) is 3.09. The maximum atomic E-state index is 5.69. The van der Waals surface area contributed by atoms with Gasteiger partial charge in [-0.2, -0.15) is 15.0 Å². The maximum Gasteiger partial charge on any atom is 0.228 e. The van der Waals surface area contributed by atoms with E-state index in [1.807, 2.05) is 0 Å². The summed E-state index contributed by atoms with van der Waals surface area (Å²) in [4.78, 5) is 11.5. The first-order valence-corrected chi connectivity index (χ1v) is 6.14. The van der Waals surface area contributed by atoms with E-state index in [1.165, 1.54) is 25.7 Å². The zero-order valence-corrected chi connectivity index (χ0v) is 10.3. The second-order valence-corrected chi connectivity index (χ2v) is 4.33. The van der Waals surface area contributed by atoms with Gasteiger partial charge in [0.05, 0.1) is 12.7 Å². The fourth-order valence-electron chi connectivity index (χ4n) is 1.89. The largest absolute Gasteiger partial charge is 0.376 e. The third-order valence-electron chi connectivity index (χ3n) is 2.67. The smallest absolute Gasteiger partial charge is 0.228 e. The number of nitrogens with one attached hydrogen (secondary N) is 1. The molecule has 94 valence electrons. The fourth-order valence-corrected chi connectivity index (χ4v) is 2.05. The summed E-state index contributed by atoms with van der Waals surface area (Å²) in [6, 6.07) is 0. The molecule has 1 aliphatic carbocycles. The van der Waals surface area contributed by atoms with Crippen LogP contribution in [0.3, 0.4) is 0 Å². The van der Waals surface area contributed by atoms with E-state index in [0.29, 0.717) is 25.2 Å². The number of nitrogens with two attached hydrogens (primary N) is 1. The van der Waals surface area contributed by atoms with E-state index in [4.69, 9.17) is 22.1 Å². The van der Waals surface area contributed by atoms with Crippen LogP contribution < -0.4 is 11.1 Å². The van der Waals surface area contributed by atoms with E-state index in [1.54, 1.807) is 0 Å².